The molecule has 0 radical (unpaired) electrons. The quantitative estimate of drug-likeness (QED) is 0.424. The Balaban J connectivity index is 1.96. The van der Waals surface area contributed by atoms with Gasteiger partial charge in [0.2, 0.25) is 0 Å². The Bertz CT molecular complexity index is 980. The second kappa shape index (κ2) is 8.32. The van der Waals surface area contributed by atoms with Gasteiger partial charge in [-0.15, -0.1) is 11.3 Å². The lowest BCUT2D eigenvalue weighted by Gasteiger charge is -2.18. The number of nitro groups is 1. The van der Waals surface area contributed by atoms with Gasteiger partial charge in [0.05, 0.1) is 16.6 Å². The molecule has 2 aromatic rings. The maximum absolute atomic E-state index is 12.8. The number of hydrogen-bond acceptors (Lipinski definition) is 6. The molecule has 0 bridgehead atoms. The number of carbonyl (C=O) groups is 2. The Morgan fingerprint density at radius 1 is 1.34 bits per heavy atom. The number of hydrogen-bond donors (Lipinski definition) is 1. The largest absolute Gasteiger partial charge is 0.459 e. The van der Waals surface area contributed by atoms with Crippen molar-refractivity contribution >= 4 is 33.9 Å². The van der Waals surface area contributed by atoms with Gasteiger partial charge in [-0.1, -0.05) is 13.0 Å². The molecular formula is C21H24N2O5S. The molecule has 1 N–H and O–H groups in total. The molecular weight excluding hydrogens is 392 g/mol. The Labute approximate surface area is 173 Å². The Morgan fingerprint density at radius 3 is 2.72 bits per heavy atom. The van der Waals surface area contributed by atoms with Crippen LogP contribution >= 0.6 is 11.3 Å². The van der Waals surface area contributed by atoms with E-state index in [9.17, 15) is 19.7 Å². The topological polar surface area (TPSA) is 98.5 Å². The Kier molecular flexibility index (Phi) is 6.02. The highest BCUT2D eigenvalue weighted by Gasteiger charge is 2.30. The van der Waals surface area contributed by atoms with Gasteiger partial charge in [0.25, 0.3) is 11.6 Å². The molecule has 1 aliphatic carbocycles. The number of carbonyl (C=O) groups excluding carboxylic acids is 2. The summed E-state index contributed by atoms with van der Waals surface area (Å²) in [6, 6.07) is 4.34. The van der Waals surface area contributed by atoms with Gasteiger partial charge in [-0.05, 0) is 57.6 Å². The summed E-state index contributed by atoms with van der Waals surface area (Å²) in [6.07, 6.45) is 2.32. The number of ether oxygens (including phenoxy) is 1. The molecule has 1 atom stereocenters. The zero-order valence-electron chi connectivity index (χ0n) is 16.9. The van der Waals surface area contributed by atoms with Crippen molar-refractivity contribution in [3.63, 3.8) is 0 Å². The average molecular weight is 416 g/mol. The molecule has 29 heavy (non-hydrogen) atoms. The number of aryl methyl sites for hydroxylation is 1. The molecule has 7 nitrogen and oxygen atoms in total. The van der Waals surface area contributed by atoms with Crippen LogP contribution in [0.15, 0.2) is 18.2 Å². The molecule has 0 spiro atoms. The summed E-state index contributed by atoms with van der Waals surface area (Å²) in [5.74, 6) is -0.422. The highest BCUT2D eigenvalue weighted by molar-refractivity contribution is 7.17. The lowest BCUT2D eigenvalue weighted by molar-refractivity contribution is -0.385. The Morgan fingerprint density at radius 2 is 2.07 bits per heavy atom. The van der Waals surface area contributed by atoms with E-state index >= 15 is 0 Å². The number of nitrogens with one attached hydrogen (secondary N) is 1. The van der Waals surface area contributed by atoms with Crippen molar-refractivity contribution in [3.8, 4) is 0 Å². The van der Waals surface area contributed by atoms with Gasteiger partial charge in [0.1, 0.15) is 5.00 Å². The van der Waals surface area contributed by atoms with E-state index in [1.165, 1.54) is 17.4 Å². The number of thiophene rings is 1. The highest BCUT2D eigenvalue weighted by atomic mass is 32.1. The predicted molar refractivity (Wildman–Crippen MR) is 112 cm³/mol. The van der Waals surface area contributed by atoms with Crippen LogP contribution in [0.25, 0.3) is 0 Å². The van der Waals surface area contributed by atoms with Gasteiger partial charge in [0, 0.05) is 22.1 Å². The van der Waals surface area contributed by atoms with Gasteiger partial charge in [-0.3, -0.25) is 14.9 Å². The van der Waals surface area contributed by atoms with Crippen molar-refractivity contribution in [2.75, 3.05) is 5.32 Å². The molecule has 1 aliphatic rings. The van der Waals surface area contributed by atoms with E-state index in [2.05, 4.69) is 12.2 Å². The number of esters is 1. The summed E-state index contributed by atoms with van der Waals surface area (Å²) < 4.78 is 5.41. The molecule has 1 amide bonds. The van der Waals surface area contributed by atoms with Gasteiger partial charge in [-0.25, -0.2) is 4.79 Å². The number of anilines is 1. The van der Waals surface area contributed by atoms with E-state index in [1.807, 2.05) is 0 Å². The number of nitrogens with zero attached hydrogens (tertiary/aromatic N) is 1. The third-order valence-corrected chi connectivity index (χ3v) is 6.12. The fourth-order valence-electron chi connectivity index (χ4n) is 3.45. The molecule has 0 saturated carbocycles. The second-order valence-corrected chi connectivity index (χ2v) is 8.83. The molecule has 1 aromatic heterocycles. The maximum atomic E-state index is 12.8. The van der Waals surface area contributed by atoms with Crippen LogP contribution in [-0.4, -0.2) is 22.9 Å². The van der Waals surface area contributed by atoms with Crippen molar-refractivity contribution in [1.82, 2.24) is 0 Å². The third-order valence-electron chi connectivity index (χ3n) is 4.95. The normalized spacial score (nSPS) is 15.7. The van der Waals surface area contributed by atoms with Crippen LogP contribution < -0.4 is 5.32 Å². The first-order valence-corrected chi connectivity index (χ1v) is 10.4. The first-order chi connectivity index (χ1) is 13.7. The van der Waals surface area contributed by atoms with Crippen molar-refractivity contribution in [1.29, 1.82) is 0 Å². The lowest BCUT2D eigenvalue weighted by atomic mass is 9.88. The van der Waals surface area contributed by atoms with Crippen LogP contribution in [0.5, 0.6) is 0 Å². The number of benzene rings is 1. The first kappa shape index (κ1) is 21.0. The number of rotatable bonds is 5. The van der Waals surface area contributed by atoms with E-state index in [-0.39, 0.29) is 17.4 Å². The molecule has 1 heterocycles. The molecule has 8 heteroatoms. The number of nitro benzene ring substituents is 1. The zero-order chi connectivity index (χ0) is 21.3. The SMILES string of the molecule is Cc1ccc(C(=O)Nc2sc3c(c2C(=O)OC(C)C)CC[C@H](C)C3)cc1[N+](=O)[O-]. The maximum Gasteiger partial charge on any atom is 0.341 e. The molecule has 0 aliphatic heterocycles. The summed E-state index contributed by atoms with van der Waals surface area (Å²) in [7, 11) is 0. The van der Waals surface area contributed by atoms with Crippen molar-refractivity contribution < 1.29 is 19.2 Å². The highest BCUT2D eigenvalue weighted by Crippen LogP contribution is 2.40. The second-order valence-electron chi connectivity index (χ2n) is 7.72. The molecule has 0 saturated heterocycles. The van der Waals surface area contributed by atoms with Crippen molar-refractivity contribution in [2.24, 2.45) is 5.92 Å². The standard InChI is InChI=1S/C21H24N2O5S/c1-11(2)28-21(25)18-15-8-5-12(3)9-17(15)29-20(18)22-19(24)14-7-6-13(4)16(10-14)23(26)27/h6-7,10-12H,5,8-9H2,1-4H3,(H,22,24)/t12-/m0/s1. The molecule has 154 valence electrons. The van der Waals surface area contributed by atoms with Gasteiger partial charge in [0.15, 0.2) is 0 Å². The van der Waals surface area contributed by atoms with Crippen LogP contribution in [0.1, 0.15) is 63.9 Å². The summed E-state index contributed by atoms with van der Waals surface area (Å²) >= 11 is 1.39. The number of fused-ring (bicyclic) bond motifs is 1. The fraction of sp³-hybridized carbons (Fsp3) is 0.429. The van der Waals surface area contributed by atoms with E-state index in [4.69, 9.17) is 4.74 Å². The first-order valence-electron chi connectivity index (χ1n) is 9.59. The van der Waals surface area contributed by atoms with Crippen LogP contribution in [0.2, 0.25) is 0 Å². The average Bonchev–Trinajstić information content (AvgIpc) is 2.97. The number of amides is 1. The van der Waals surface area contributed by atoms with Crippen molar-refractivity contribution in [2.45, 2.75) is 53.1 Å². The van der Waals surface area contributed by atoms with Crippen LogP contribution in [0, 0.1) is 23.0 Å². The lowest BCUT2D eigenvalue weighted by Crippen LogP contribution is -2.18. The minimum Gasteiger partial charge on any atom is -0.459 e. The van der Waals surface area contributed by atoms with Gasteiger partial charge >= 0.3 is 5.97 Å². The smallest absolute Gasteiger partial charge is 0.341 e. The van der Waals surface area contributed by atoms with E-state index < -0.39 is 16.8 Å². The van der Waals surface area contributed by atoms with Crippen LogP contribution in [-0.2, 0) is 17.6 Å². The van der Waals surface area contributed by atoms with E-state index in [0.29, 0.717) is 22.0 Å². The molecule has 0 unspecified atom stereocenters. The van der Waals surface area contributed by atoms with Gasteiger partial charge in [-0.2, -0.15) is 0 Å². The van der Waals surface area contributed by atoms with Gasteiger partial charge < -0.3 is 10.1 Å². The van der Waals surface area contributed by atoms with Crippen LogP contribution in [0.3, 0.4) is 0 Å². The van der Waals surface area contributed by atoms with E-state index in [0.717, 1.165) is 29.7 Å². The summed E-state index contributed by atoms with van der Waals surface area (Å²) in [4.78, 5) is 37.3. The monoisotopic (exact) mass is 416 g/mol. The predicted octanol–water partition coefficient (Wildman–Crippen LogP) is 4.91. The zero-order valence-corrected chi connectivity index (χ0v) is 17.7. The summed E-state index contributed by atoms with van der Waals surface area (Å²) in [5, 5.41) is 14.4. The molecule has 0 fully saturated rings. The summed E-state index contributed by atoms with van der Waals surface area (Å²) in [6.45, 7) is 7.34. The molecule has 3 rings (SSSR count). The van der Waals surface area contributed by atoms with Crippen molar-refractivity contribution in [3.05, 3.63) is 55.4 Å². The summed E-state index contributed by atoms with van der Waals surface area (Å²) in [5.41, 5.74) is 1.90. The Hall–Kier alpha value is -2.74. The van der Waals surface area contributed by atoms with Crippen LogP contribution in [0.4, 0.5) is 10.7 Å². The minimum absolute atomic E-state index is 0.114. The molecule has 1 aromatic carbocycles. The van der Waals surface area contributed by atoms with E-state index in [1.54, 1.807) is 32.9 Å². The third kappa shape index (κ3) is 4.48. The fourth-order valence-corrected chi connectivity index (χ4v) is 4.84. The minimum atomic E-state index is -0.511.